The molecular weight excluding hydrogens is 626 g/mol. The quantitative estimate of drug-likeness (QED) is 0.327. The Labute approximate surface area is 254 Å². The number of hydrogen-bond acceptors (Lipinski definition) is 9. The van der Waals surface area contributed by atoms with Gasteiger partial charge in [-0.1, -0.05) is 17.8 Å². The third-order valence-electron chi connectivity index (χ3n) is 9.26. The van der Waals surface area contributed by atoms with E-state index in [4.69, 9.17) is 9.72 Å². The van der Waals surface area contributed by atoms with Crippen LogP contribution in [0, 0.1) is 5.82 Å². The van der Waals surface area contributed by atoms with Gasteiger partial charge in [-0.2, -0.15) is 0 Å². The van der Waals surface area contributed by atoms with Gasteiger partial charge in [-0.3, -0.25) is 9.20 Å². The predicted octanol–water partition coefficient (Wildman–Crippen LogP) is 3.81. The Kier molecular flexibility index (Phi) is 7.17. The van der Waals surface area contributed by atoms with Crippen molar-refractivity contribution in [2.24, 2.45) is 0 Å². The van der Waals surface area contributed by atoms with Crippen LogP contribution in [0.2, 0.25) is 0 Å². The van der Waals surface area contributed by atoms with Crippen LogP contribution in [0.15, 0.2) is 11.1 Å². The van der Waals surface area contributed by atoms with Gasteiger partial charge in [0.1, 0.15) is 28.6 Å². The lowest BCUT2D eigenvalue weighted by Crippen LogP contribution is -2.52. The molecule has 0 bridgehead atoms. The number of fused-ring (bicyclic) bond motifs is 1. The van der Waals surface area contributed by atoms with Gasteiger partial charge >= 0.3 is 0 Å². The van der Waals surface area contributed by atoms with Gasteiger partial charge in [-0.25, -0.2) is 35.7 Å². The van der Waals surface area contributed by atoms with Crippen molar-refractivity contribution in [2.75, 3.05) is 44.9 Å². The summed E-state index contributed by atoms with van der Waals surface area (Å²) in [7, 11) is -3.07. The number of anilines is 1. The van der Waals surface area contributed by atoms with Gasteiger partial charge in [0.25, 0.3) is 12.3 Å². The normalized spacial score (nSPS) is 21.2. The number of hydrogen-bond donors (Lipinski definition) is 1. The number of pyridine rings is 1. The minimum Gasteiger partial charge on any atom is -0.368 e. The van der Waals surface area contributed by atoms with Crippen molar-refractivity contribution in [1.29, 1.82) is 0 Å². The molecule has 4 aliphatic rings. The fraction of sp³-hybridized carbons (Fsp3) is 0.630. The molecule has 3 aromatic heterocycles. The zero-order chi connectivity index (χ0) is 31.0. The van der Waals surface area contributed by atoms with E-state index in [2.05, 4.69) is 14.9 Å². The van der Waals surface area contributed by atoms with Crippen molar-refractivity contribution in [3.05, 3.63) is 22.7 Å². The molecule has 3 aliphatic carbocycles. The average molecular weight is 658 g/mol. The number of ether oxygens (including phenoxy) is 1. The van der Waals surface area contributed by atoms with Crippen LogP contribution in [-0.2, 0) is 19.6 Å². The van der Waals surface area contributed by atoms with E-state index >= 15 is 4.39 Å². The molecule has 0 unspecified atom stereocenters. The van der Waals surface area contributed by atoms with Crippen LogP contribution in [0.1, 0.15) is 68.0 Å². The number of rotatable bonds is 10. The molecule has 238 valence electrons. The SMILES string of the molecule is COC1(C(=O)N2CCN(c3c(F)c(S(=O)(=O)NC4(CF)CC4)cn4c(-c5nnc(C(F)F)s5)c(C5CCC5)nc34)CC2)CC1. The van der Waals surface area contributed by atoms with Gasteiger partial charge in [-0.05, 0) is 38.5 Å². The Bertz CT molecular complexity index is 1730. The number of carbonyl (C=O) groups is 1. The molecule has 0 aromatic carbocycles. The molecule has 0 atom stereocenters. The topological polar surface area (TPSA) is 122 Å². The van der Waals surface area contributed by atoms with Gasteiger partial charge in [0.05, 0.1) is 11.2 Å². The largest absolute Gasteiger partial charge is 0.368 e. The zero-order valence-electron chi connectivity index (χ0n) is 23.9. The molecular formula is C27H31F4N7O4S2. The molecule has 4 fully saturated rings. The van der Waals surface area contributed by atoms with Gasteiger partial charge in [0, 0.05) is 45.4 Å². The molecule has 11 nitrogen and oxygen atoms in total. The second-order valence-corrected chi connectivity index (χ2v) is 14.7. The molecule has 1 amide bonds. The number of aromatic nitrogens is 4. The number of alkyl halides is 3. The molecule has 3 aromatic rings. The summed E-state index contributed by atoms with van der Waals surface area (Å²) in [6, 6.07) is 0. The molecule has 7 rings (SSSR count). The Morgan fingerprint density at radius 3 is 2.39 bits per heavy atom. The summed E-state index contributed by atoms with van der Waals surface area (Å²) >= 11 is 0.665. The van der Waals surface area contributed by atoms with Crippen LogP contribution < -0.4 is 9.62 Å². The van der Waals surface area contributed by atoms with E-state index < -0.39 is 50.0 Å². The lowest BCUT2D eigenvalue weighted by molar-refractivity contribution is -0.144. The fourth-order valence-electron chi connectivity index (χ4n) is 5.99. The second kappa shape index (κ2) is 10.6. The van der Waals surface area contributed by atoms with Gasteiger partial charge in [0.2, 0.25) is 10.0 Å². The standard InChI is InChI=1S/C27H31F4N7O4S2/c1-42-27(7-8-27)25(39)37-11-9-36(10-12-37)19-17(29)16(44(40,41)35-26(14-28)5-6-26)13-38-20(23-33-34-24(43-23)21(30)31)18(32-22(19)38)15-3-2-4-15/h13,15,21,35H,2-12,14H2,1H3. The van der Waals surface area contributed by atoms with E-state index in [-0.39, 0.29) is 72.9 Å². The summed E-state index contributed by atoms with van der Waals surface area (Å²) in [6.07, 6.45) is 2.49. The first kappa shape index (κ1) is 29.8. The van der Waals surface area contributed by atoms with Gasteiger partial charge in [-0.15, -0.1) is 10.2 Å². The molecule has 1 saturated heterocycles. The van der Waals surface area contributed by atoms with E-state index in [1.807, 2.05) is 0 Å². The van der Waals surface area contributed by atoms with E-state index in [0.717, 1.165) is 25.5 Å². The molecule has 1 N–H and O–H groups in total. The first-order valence-corrected chi connectivity index (χ1v) is 16.9. The van der Waals surface area contributed by atoms with Crippen molar-refractivity contribution >= 4 is 38.6 Å². The van der Waals surface area contributed by atoms with Crippen molar-refractivity contribution < 1.29 is 35.5 Å². The van der Waals surface area contributed by atoms with Crippen molar-refractivity contribution in [3.63, 3.8) is 0 Å². The number of amides is 1. The summed E-state index contributed by atoms with van der Waals surface area (Å²) < 4.78 is 93.8. The second-order valence-electron chi connectivity index (χ2n) is 12.1. The van der Waals surface area contributed by atoms with Crippen molar-refractivity contribution in [3.8, 4) is 10.7 Å². The number of nitrogens with zero attached hydrogens (tertiary/aromatic N) is 6. The molecule has 44 heavy (non-hydrogen) atoms. The highest BCUT2D eigenvalue weighted by molar-refractivity contribution is 7.89. The lowest BCUT2D eigenvalue weighted by atomic mass is 9.82. The number of sulfonamides is 1. The maximum Gasteiger partial charge on any atom is 0.291 e. The summed E-state index contributed by atoms with van der Waals surface area (Å²) in [5, 5.41) is 7.21. The smallest absolute Gasteiger partial charge is 0.291 e. The Morgan fingerprint density at radius 1 is 1.16 bits per heavy atom. The highest BCUT2D eigenvalue weighted by atomic mass is 32.2. The summed E-state index contributed by atoms with van der Waals surface area (Å²) in [5.41, 5.74) is -1.31. The first-order chi connectivity index (χ1) is 21.0. The highest BCUT2D eigenvalue weighted by Crippen LogP contribution is 2.46. The van der Waals surface area contributed by atoms with Crippen LogP contribution in [0.4, 0.5) is 23.2 Å². The lowest BCUT2D eigenvalue weighted by Gasteiger charge is -2.37. The molecule has 0 radical (unpaired) electrons. The van der Waals surface area contributed by atoms with E-state index in [1.165, 1.54) is 11.5 Å². The summed E-state index contributed by atoms with van der Waals surface area (Å²) in [6.45, 7) is -0.0946. The van der Waals surface area contributed by atoms with E-state index in [9.17, 15) is 26.4 Å². The summed E-state index contributed by atoms with van der Waals surface area (Å²) in [4.78, 5) is 20.5. The van der Waals surface area contributed by atoms with Crippen LogP contribution in [0.3, 0.4) is 0 Å². The number of piperazine rings is 1. The number of halogens is 4. The molecule has 17 heteroatoms. The molecule has 3 saturated carbocycles. The van der Waals surface area contributed by atoms with Crippen molar-refractivity contribution in [2.45, 2.75) is 73.3 Å². The van der Waals surface area contributed by atoms with E-state index in [1.54, 1.807) is 9.80 Å². The monoisotopic (exact) mass is 657 g/mol. The maximum atomic E-state index is 16.6. The fourth-order valence-corrected chi connectivity index (χ4v) is 8.26. The van der Waals surface area contributed by atoms with Gasteiger partial charge in [0.15, 0.2) is 21.5 Å². The Morgan fingerprint density at radius 2 is 1.86 bits per heavy atom. The molecule has 4 heterocycles. The number of methoxy groups -OCH3 is 1. The third-order valence-corrected chi connectivity index (χ3v) is 11.8. The van der Waals surface area contributed by atoms with Crippen molar-refractivity contribution in [1.82, 2.24) is 29.2 Å². The van der Waals surface area contributed by atoms with Crippen LogP contribution in [0.25, 0.3) is 16.3 Å². The molecule has 0 spiro atoms. The Hall–Kier alpha value is -2.89. The molecule has 1 aliphatic heterocycles. The van der Waals surface area contributed by atoms with Crippen LogP contribution in [-0.4, -0.2) is 89.9 Å². The van der Waals surface area contributed by atoms with Crippen LogP contribution in [0.5, 0.6) is 0 Å². The Balaban J connectivity index is 1.36. The van der Waals surface area contributed by atoms with E-state index in [0.29, 0.717) is 29.9 Å². The summed E-state index contributed by atoms with van der Waals surface area (Å²) in [5.74, 6) is -1.25. The minimum absolute atomic E-state index is 0.0580. The number of imidazole rings is 1. The highest BCUT2D eigenvalue weighted by Gasteiger charge is 2.53. The number of carbonyl (C=O) groups excluding carboxylic acids is 1. The zero-order valence-corrected chi connectivity index (χ0v) is 25.5. The number of nitrogens with one attached hydrogen (secondary N) is 1. The minimum atomic E-state index is -4.57. The average Bonchev–Trinajstić information content (AvgIpc) is 3.85. The predicted molar refractivity (Wildman–Crippen MR) is 152 cm³/mol. The van der Waals surface area contributed by atoms with Crippen LogP contribution >= 0.6 is 11.3 Å². The van der Waals surface area contributed by atoms with Gasteiger partial charge < -0.3 is 14.5 Å². The third kappa shape index (κ3) is 4.86. The maximum absolute atomic E-state index is 16.6. The first-order valence-electron chi connectivity index (χ1n) is 14.6.